The fraction of sp³-hybridized carbons (Fsp3) is 0.714. The summed E-state index contributed by atoms with van der Waals surface area (Å²) in [5.41, 5.74) is 0. The highest BCUT2D eigenvalue weighted by atomic mass is 16.2. The number of amides is 1. The van der Waals surface area contributed by atoms with Gasteiger partial charge in [-0.1, -0.05) is 13.8 Å². The van der Waals surface area contributed by atoms with Crippen LogP contribution in [0.5, 0.6) is 0 Å². The van der Waals surface area contributed by atoms with Crippen LogP contribution in [0.25, 0.3) is 0 Å². The predicted molar refractivity (Wildman–Crippen MR) is 82.5 cm³/mol. The molecule has 1 aromatic heterocycles. The van der Waals surface area contributed by atoms with Crippen LogP contribution in [0.3, 0.4) is 0 Å². The van der Waals surface area contributed by atoms with E-state index in [1.807, 2.05) is 63.9 Å². The normalized spacial score (nSPS) is 14.8. The molecule has 6 nitrogen and oxygen atoms in total. The van der Waals surface area contributed by atoms with Crippen molar-refractivity contribution in [2.45, 2.75) is 20.4 Å². The van der Waals surface area contributed by atoms with Crippen molar-refractivity contribution in [2.24, 2.45) is 7.05 Å². The summed E-state index contributed by atoms with van der Waals surface area (Å²) in [5, 5.41) is 2.73. The highest BCUT2D eigenvalue weighted by Gasteiger charge is 2.10. The first kappa shape index (κ1) is 18.6. The molecule has 116 valence electrons. The summed E-state index contributed by atoms with van der Waals surface area (Å²) in [5.74, 6) is 1.24. The molecular weight excluding hydrogens is 254 g/mol. The highest BCUT2D eigenvalue weighted by molar-refractivity contribution is 5.78. The van der Waals surface area contributed by atoms with Crippen LogP contribution in [-0.4, -0.2) is 66.0 Å². The molecule has 0 aromatic carbocycles. The van der Waals surface area contributed by atoms with E-state index < -0.39 is 0 Å². The summed E-state index contributed by atoms with van der Waals surface area (Å²) >= 11 is 0. The molecule has 0 atom stereocenters. The fourth-order valence-corrected chi connectivity index (χ4v) is 1.60. The third-order valence-electron chi connectivity index (χ3n) is 2.61. The molecule has 1 saturated heterocycles. The molecule has 0 saturated carbocycles. The van der Waals surface area contributed by atoms with Gasteiger partial charge in [-0.2, -0.15) is 0 Å². The Morgan fingerprint density at radius 2 is 2.00 bits per heavy atom. The van der Waals surface area contributed by atoms with Gasteiger partial charge in [-0.25, -0.2) is 4.98 Å². The summed E-state index contributed by atoms with van der Waals surface area (Å²) in [6.45, 7) is 7.24. The van der Waals surface area contributed by atoms with Gasteiger partial charge in [0.15, 0.2) is 0 Å². The van der Waals surface area contributed by atoms with E-state index in [1.165, 1.54) is 0 Å². The topological polar surface area (TPSA) is 53.4 Å². The summed E-state index contributed by atoms with van der Waals surface area (Å²) in [6, 6.07) is 0. The number of carbonyl (C=O) groups excluding carboxylic acids is 1. The first-order chi connectivity index (χ1) is 9.49. The van der Waals surface area contributed by atoms with Crippen molar-refractivity contribution in [1.29, 1.82) is 0 Å². The van der Waals surface area contributed by atoms with Crippen LogP contribution in [0.15, 0.2) is 12.4 Å². The van der Waals surface area contributed by atoms with Gasteiger partial charge in [0, 0.05) is 32.5 Å². The zero-order valence-corrected chi connectivity index (χ0v) is 13.7. The van der Waals surface area contributed by atoms with Crippen LogP contribution >= 0.6 is 0 Å². The maximum Gasteiger partial charge on any atom is 0.234 e. The lowest BCUT2D eigenvalue weighted by Crippen LogP contribution is -2.45. The maximum atomic E-state index is 10.5. The first-order valence-corrected chi connectivity index (χ1v) is 7.05. The number of aryl methyl sites for hydroxylation is 1. The third-order valence-corrected chi connectivity index (χ3v) is 2.61. The van der Waals surface area contributed by atoms with Crippen molar-refractivity contribution in [3.8, 4) is 0 Å². The van der Waals surface area contributed by atoms with Crippen LogP contribution in [0.1, 0.15) is 19.7 Å². The van der Waals surface area contributed by atoms with E-state index in [4.69, 9.17) is 0 Å². The average Bonchev–Trinajstić information content (AvgIpc) is 2.77. The molecular formula is C14H29N5O. The standard InChI is InChI=1S/C7H13N3.C5H10N2O.C2H6/c1-9(2)6-7-8-4-5-10(7)3;1-7-3-2-6-5(8)4-7;1-2/h4-5H,6H2,1-3H3;2-4H2,1H3,(H,6,8);1-2H3. The second kappa shape index (κ2) is 10.4. The molecule has 2 heterocycles. The van der Waals surface area contributed by atoms with E-state index in [-0.39, 0.29) is 5.91 Å². The summed E-state index contributed by atoms with van der Waals surface area (Å²) in [7, 11) is 8.02. The van der Waals surface area contributed by atoms with Gasteiger partial charge in [0.25, 0.3) is 0 Å². The molecule has 1 aromatic rings. The molecule has 1 aliphatic heterocycles. The number of imidazole rings is 1. The van der Waals surface area contributed by atoms with Crippen LogP contribution in [0, 0.1) is 0 Å². The van der Waals surface area contributed by atoms with Gasteiger partial charge in [0.1, 0.15) is 5.82 Å². The van der Waals surface area contributed by atoms with Crippen molar-refractivity contribution in [3.63, 3.8) is 0 Å². The van der Waals surface area contributed by atoms with E-state index in [9.17, 15) is 4.79 Å². The fourth-order valence-electron chi connectivity index (χ4n) is 1.60. The maximum absolute atomic E-state index is 10.5. The molecule has 0 bridgehead atoms. The van der Waals surface area contributed by atoms with Crippen molar-refractivity contribution < 1.29 is 4.79 Å². The Hall–Kier alpha value is -1.40. The van der Waals surface area contributed by atoms with Gasteiger partial charge in [-0.05, 0) is 21.1 Å². The minimum atomic E-state index is 0.138. The Labute approximate surface area is 122 Å². The number of likely N-dealkylation sites (N-methyl/N-ethyl adjacent to an activating group) is 1. The largest absolute Gasteiger partial charge is 0.354 e. The Morgan fingerprint density at radius 3 is 2.35 bits per heavy atom. The molecule has 1 aliphatic rings. The van der Waals surface area contributed by atoms with E-state index in [2.05, 4.69) is 15.2 Å². The van der Waals surface area contributed by atoms with E-state index in [0.717, 1.165) is 25.5 Å². The molecule has 0 unspecified atom stereocenters. The molecule has 0 spiro atoms. The number of piperazine rings is 1. The quantitative estimate of drug-likeness (QED) is 0.861. The third kappa shape index (κ3) is 7.91. The molecule has 1 N–H and O–H groups in total. The Balaban J connectivity index is 0.000000327. The van der Waals surface area contributed by atoms with Gasteiger partial charge in [-0.15, -0.1) is 0 Å². The lowest BCUT2D eigenvalue weighted by molar-refractivity contribution is -0.123. The lowest BCUT2D eigenvalue weighted by Gasteiger charge is -2.21. The number of hydrogen-bond acceptors (Lipinski definition) is 4. The van der Waals surface area contributed by atoms with E-state index >= 15 is 0 Å². The molecule has 1 fully saturated rings. The second-order valence-electron chi connectivity index (χ2n) is 4.78. The van der Waals surface area contributed by atoms with Crippen LogP contribution in [0.2, 0.25) is 0 Å². The van der Waals surface area contributed by atoms with Gasteiger partial charge in [-0.3, -0.25) is 9.69 Å². The van der Waals surface area contributed by atoms with Crippen LogP contribution in [0.4, 0.5) is 0 Å². The van der Waals surface area contributed by atoms with E-state index in [0.29, 0.717) is 6.54 Å². The zero-order valence-electron chi connectivity index (χ0n) is 13.7. The van der Waals surface area contributed by atoms with Gasteiger partial charge < -0.3 is 14.8 Å². The zero-order chi connectivity index (χ0) is 15.5. The number of carbonyl (C=O) groups is 1. The molecule has 1 amide bonds. The second-order valence-corrected chi connectivity index (χ2v) is 4.78. The number of aromatic nitrogens is 2. The average molecular weight is 283 g/mol. The minimum absolute atomic E-state index is 0.138. The van der Waals surface area contributed by atoms with Crippen molar-refractivity contribution in [1.82, 2.24) is 24.7 Å². The molecule has 2 rings (SSSR count). The SMILES string of the molecule is CC.CN(C)Cc1nccn1C.CN1CCNC(=O)C1. The number of hydrogen-bond donors (Lipinski definition) is 1. The van der Waals surface area contributed by atoms with Gasteiger partial charge >= 0.3 is 0 Å². The minimum Gasteiger partial charge on any atom is -0.354 e. The van der Waals surface area contributed by atoms with Crippen molar-refractivity contribution >= 4 is 5.91 Å². The van der Waals surface area contributed by atoms with Crippen LogP contribution in [-0.2, 0) is 18.4 Å². The Bertz CT molecular complexity index is 375. The lowest BCUT2D eigenvalue weighted by atomic mass is 10.4. The molecule has 0 aliphatic carbocycles. The Morgan fingerprint density at radius 1 is 1.35 bits per heavy atom. The number of rotatable bonds is 2. The molecule has 0 radical (unpaired) electrons. The smallest absolute Gasteiger partial charge is 0.234 e. The summed E-state index contributed by atoms with van der Waals surface area (Å²) in [6.07, 6.45) is 3.78. The molecule has 20 heavy (non-hydrogen) atoms. The predicted octanol–water partition coefficient (Wildman–Crippen LogP) is 0.556. The van der Waals surface area contributed by atoms with E-state index in [1.54, 1.807) is 0 Å². The first-order valence-electron chi connectivity index (χ1n) is 7.05. The van der Waals surface area contributed by atoms with Crippen molar-refractivity contribution in [2.75, 3.05) is 40.8 Å². The van der Waals surface area contributed by atoms with Gasteiger partial charge in [0.2, 0.25) is 5.91 Å². The number of nitrogens with one attached hydrogen (secondary N) is 1. The summed E-state index contributed by atoms with van der Waals surface area (Å²) < 4.78 is 2.03. The van der Waals surface area contributed by atoms with Crippen LogP contribution < -0.4 is 5.32 Å². The van der Waals surface area contributed by atoms with Crippen molar-refractivity contribution in [3.05, 3.63) is 18.2 Å². The summed E-state index contributed by atoms with van der Waals surface area (Å²) in [4.78, 5) is 18.8. The highest BCUT2D eigenvalue weighted by Crippen LogP contribution is 1.95. The molecule has 6 heteroatoms. The Kier molecular flexibility index (Phi) is 9.67. The monoisotopic (exact) mass is 283 g/mol. The number of nitrogens with zero attached hydrogens (tertiary/aromatic N) is 4. The van der Waals surface area contributed by atoms with Gasteiger partial charge in [0.05, 0.1) is 13.1 Å².